The fourth-order valence-corrected chi connectivity index (χ4v) is 7.48. The maximum Gasteiger partial charge on any atom is 0.435 e. The van der Waals surface area contributed by atoms with Crippen molar-refractivity contribution in [2.24, 2.45) is 0 Å². The van der Waals surface area contributed by atoms with Crippen molar-refractivity contribution in [1.82, 2.24) is 10.6 Å². The number of rotatable bonds is 11. The van der Waals surface area contributed by atoms with Crippen molar-refractivity contribution >= 4 is 68.2 Å². The Kier molecular flexibility index (Phi) is 17.3. The number of carbonyl (C=O) groups excluding carboxylic acids is 4. The Hall–Kier alpha value is -6.60. The minimum atomic E-state index is -6.31. The second-order valence-electron chi connectivity index (χ2n) is 14.7. The molecule has 0 aliphatic rings. The molecule has 70 heavy (non-hydrogen) atoms. The van der Waals surface area contributed by atoms with Gasteiger partial charge in [0.15, 0.2) is 0 Å². The first kappa shape index (κ1) is 56.0. The summed E-state index contributed by atoms with van der Waals surface area (Å²) in [5.41, 5.74) is -11.1. The Balaban J connectivity index is 0.000000306. The second kappa shape index (κ2) is 21.6. The average Bonchev–Trinajstić information content (AvgIpc) is 3.21. The van der Waals surface area contributed by atoms with E-state index >= 15 is 0 Å². The number of alkyl halides is 10. The van der Waals surface area contributed by atoms with Gasteiger partial charge in [-0.1, -0.05) is 47.5 Å². The number of ether oxygens (including phenoxy) is 1. The van der Waals surface area contributed by atoms with Crippen molar-refractivity contribution in [2.45, 2.75) is 44.1 Å². The summed E-state index contributed by atoms with van der Waals surface area (Å²) in [7, 11) is -3.46. The number of hydrogen-bond acceptors (Lipinski definition) is 7. The van der Waals surface area contributed by atoms with Gasteiger partial charge in [-0.05, 0) is 80.1 Å². The van der Waals surface area contributed by atoms with Crippen LogP contribution in [0.1, 0.15) is 54.7 Å². The molecule has 376 valence electrons. The number of amides is 5. The van der Waals surface area contributed by atoms with Crippen LogP contribution in [0.25, 0.3) is 0 Å². The van der Waals surface area contributed by atoms with Gasteiger partial charge < -0.3 is 20.7 Å². The van der Waals surface area contributed by atoms with Gasteiger partial charge in [0.1, 0.15) is 44.4 Å². The molecule has 0 saturated heterocycles. The molecule has 5 rings (SSSR count). The lowest BCUT2D eigenvalue weighted by atomic mass is 9.92. The second-order valence-corrected chi connectivity index (χ2v) is 17.7. The zero-order chi connectivity index (χ0) is 52.9. The SMILES string of the molecule is Cc1cc(C(F)(C(F)(F)F)C(F)(F)F)ccc1NC(=O)c1cccc(Cl)c1C(=O)N[C@@H](C)CS(C)(=O)=O.O=C(NC(=O)c1c(F)cccc1F)Nc1ccc(Oc2ccc(C(F)(F)F)cc2Cl)cc1F. The molecule has 4 N–H and O–H groups in total. The summed E-state index contributed by atoms with van der Waals surface area (Å²) in [6.07, 6.45) is -16.3. The predicted molar refractivity (Wildman–Crippen MR) is 228 cm³/mol. The summed E-state index contributed by atoms with van der Waals surface area (Å²) in [6, 6.07) is 10.7. The summed E-state index contributed by atoms with van der Waals surface area (Å²) in [4.78, 5) is 49.4. The third kappa shape index (κ3) is 13.8. The number of aryl methyl sites for hydroxylation is 1. The molecule has 0 saturated carbocycles. The molecule has 1 atom stereocenters. The average molecular weight is 1070 g/mol. The highest BCUT2D eigenvalue weighted by molar-refractivity contribution is 7.90. The third-order valence-corrected chi connectivity index (χ3v) is 10.9. The van der Waals surface area contributed by atoms with Crippen molar-refractivity contribution in [3.05, 3.63) is 152 Å². The number of nitrogens with one attached hydrogen (secondary N) is 4. The molecular formula is C43H31Cl2F13N4O7S. The summed E-state index contributed by atoms with van der Waals surface area (Å²) >= 11 is 11.8. The smallest absolute Gasteiger partial charge is 0.435 e. The maximum absolute atomic E-state index is 14.3. The van der Waals surface area contributed by atoms with E-state index in [1.807, 2.05) is 5.32 Å². The highest BCUT2D eigenvalue weighted by atomic mass is 35.5. The topological polar surface area (TPSA) is 160 Å². The Labute approximate surface area is 397 Å². The van der Waals surface area contributed by atoms with Gasteiger partial charge in [-0.3, -0.25) is 19.7 Å². The Bertz CT molecular complexity index is 2900. The predicted octanol–water partition coefficient (Wildman–Crippen LogP) is 11.9. The number of benzene rings is 5. The molecule has 0 bridgehead atoms. The normalized spacial score (nSPS) is 12.5. The quantitative estimate of drug-likeness (QED) is 0.0958. The third-order valence-electron chi connectivity index (χ3n) is 9.16. The van der Waals surface area contributed by atoms with Crippen molar-refractivity contribution in [3.8, 4) is 11.5 Å². The van der Waals surface area contributed by atoms with E-state index in [0.29, 0.717) is 18.2 Å². The lowest BCUT2D eigenvalue weighted by Gasteiger charge is -2.30. The van der Waals surface area contributed by atoms with Gasteiger partial charge in [-0.25, -0.2) is 30.8 Å². The lowest BCUT2D eigenvalue weighted by Crippen LogP contribution is -2.50. The Morgan fingerprint density at radius 2 is 1.21 bits per heavy atom. The maximum atomic E-state index is 14.3. The van der Waals surface area contributed by atoms with Crippen LogP contribution in [0, 0.1) is 24.4 Å². The van der Waals surface area contributed by atoms with E-state index in [1.165, 1.54) is 25.1 Å². The van der Waals surface area contributed by atoms with Crippen LogP contribution in [0.3, 0.4) is 0 Å². The summed E-state index contributed by atoms with van der Waals surface area (Å²) < 4.78 is 200. The molecule has 0 aliphatic heterocycles. The summed E-state index contributed by atoms with van der Waals surface area (Å²) in [5, 5.41) is 7.69. The summed E-state index contributed by atoms with van der Waals surface area (Å²) in [5.74, 6) is -7.51. The van der Waals surface area contributed by atoms with Gasteiger partial charge >= 0.3 is 30.2 Å². The van der Waals surface area contributed by atoms with Crippen LogP contribution in [-0.4, -0.2) is 62.6 Å². The highest BCUT2D eigenvalue weighted by Gasteiger charge is 2.73. The number of carbonyl (C=O) groups is 4. The van der Waals surface area contributed by atoms with Crippen molar-refractivity contribution in [3.63, 3.8) is 0 Å². The molecular weight excluding hydrogens is 1030 g/mol. The standard InChI is InChI=1S/C22H20ClF7N2O4S.C21H11ClF6N2O3/c1-11-9-13(20(24,21(25,26)27)22(28,29)30)7-8-16(11)32-18(33)14-5-4-6-15(23)17(14)19(34)31-12(2)10-37(3,35)36;22-12-8-10(21(26,27)28)4-7-17(12)33-11-5-6-16(15(25)9-11)29-20(32)30-19(31)18-13(23)2-1-3-14(18)24/h4-9,12H,10H2,1-3H3,(H,31,34)(H,32,33);1-9H,(H2,29,30,31,32)/t12-;/m0./s1. The number of halogens is 15. The number of imide groups is 1. The Morgan fingerprint density at radius 3 is 1.74 bits per heavy atom. The van der Waals surface area contributed by atoms with Crippen molar-refractivity contribution in [2.75, 3.05) is 22.6 Å². The van der Waals surface area contributed by atoms with Crippen LogP contribution in [0.4, 0.5) is 73.2 Å². The van der Waals surface area contributed by atoms with E-state index in [4.69, 9.17) is 27.9 Å². The van der Waals surface area contributed by atoms with E-state index in [-0.39, 0.29) is 50.0 Å². The molecule has 0 radical (unpaired) electrons. The molecule has 0 heterocycles. The highest BCUT2D eigenvalue weighted by Crippen LogP contribution is 2.53. The van der Waals surface area contributed by atoms with Gasteiger partial charge in [0.25, 0.3) is 17.7 Å². The molecule has 0 aromatic heterocycles. The monoisotopic (exact) mass is 1060 g/mol. The van der Waals surface area contributed by atoms with E-state index in [2.05, 4.69) is 10.6 Å². The van der Waals surface area contributed by atoms with Gasteiger partial charge in [-0.2, -0.15) is 39.5 Å². The fourth-order valence-electron chi connectivity index (χ4n) is 6.01. The molecule has 5 aromatic carbocycles. The van der Waals surface area contributed by atoms with Gasteiger partial charge in [-0.15, -0.1) is 0 Å². The first-order chi connectivity index (χ1) is 32.1. The number of sulfone groups is 1. The number of hydrogen-bond donors (Lipinski definition) is 4. The van der Waals surface area contributed by atoms with Crippen molar-refractivity contribution < 1.29 is 89.4 Å². The lowest BCUT2D eigenvalue weighted by molar-refractivity contribution is -0.348. The van der Waals surface area contributed by atoms with Crippen LogP contribution in [0.15, 0.2) is 91.0 Å². The van der Waals surface area contributed by atoms with Crippen molar-refractivity contribution in [1.29, 1.82) is 0 Å². The molecule has 0 spiro atoms. The zero-order valence-electron chi connectivity index (χ0n) is 35.4. The fraction of sp³-hybridized carbons (Fsp3) is 0.209. The van der Waals surface area contributed by atoms with Gasteiger partial charge in [0, 0.05) is 29.6 Å². The first-order valence-electron chi connectivity index (χ1n) is 19.1. The summed E-state index contributed by atoms with van der Waals surface area (Å²) in [6.45, 7) is 2.44. The number of urea groups is 1. The van der Waals surface area contributed by atoms with Crippen LogP contribution in [0.2, 0.25) is 10.0 Å². The molecule has 11 nitrogen and oxygen atoms in total. The van der Waals surface area contributed by atoms with Crippen LogP contribution in [0.5, 0.6) is 11.5 Å². The Morgan fingerprint density at radius 1 is 0.643 bits per heavy atom. The van der Waals surface area contributed by atoms with E-state index in [1.54, 1.807) is 5.32 Å². The van der Waals surface area contributed by atoms with E-state index in [9.17, 15) is 84.7 Å². The van der Waals surface area contributed by atoms with E-state index < -0.39 is 109 Å². The van der Waals surface area contributed by atoms with Crippen LogP contribution >= 0.6 is 23.2 Å². The minimum absolute atomic E-state index is 0.162. The largest absolute Gasteiger partial charge is 0.456 e. The molecule has 0 aliphatic carbocycles. The molecule has 27 heteroatoms. The van der Waals surface area contributed by atoms with E-state index in [0.717, 1.165) is 61.7 Å². The zero-order valence-corrected chi connectivity index (χ0v) is 37.7. The first-order valence-corrected chi connectivity index (χ1v) is 21.9. The van der Waals surface area contributed by atoms with Gasteiger partial charge in [0.05, 0.1) is 38.2 Å². The van der Waals surface area contributed by atoms with Crippen LogP contribution < -0.4 is 26.0 Å². The number of anilines is 2. The molecule has 5 aromatic rings. The molecule has 0 unspecified atom stereocenters. The molecule has 5 amide bonds. The minimum Gasteiger partial charge on any atom is -0.456 e. The van der Waals surface area contributed by atoms with Crippen LogP contribution in [-0.2, 0) is 21.7 Å². The van der Waals surface area contributed by atoms with Gasteiger partial charge in [0.2, 0.25) is 0 Å². The molecule has 0 fully saturated rings.